The second kappa shape index (κ2) is 7.81. The van der Waals surface area contributed by atoms with E-state index in [4.69, 9.17) is 0 Å². The third-order valence-electron chi connectivity index (χ3n) is 6.66. The van der Waals surface area contributed by atoms with Gasteiger partial charge in [-0.05, 0) is 63.5 Å². The van der Waals surface area contributed by atoms with Crippen molar-refractivity contribution in [2.75, 3.05) is 0 Å². The van der Waals surface area contributed by atoms with E-state index in [-0.39, 0.29) is 0 Å². The van der Waals surface area contributed by atoms with Gasteiger partial charge in [-0.25, -0.2) is 0 Å². The molecule has 4 aliphatic rings. The number of carbonyl (C=O) groups is 1. The molecule has 3 nitrogen and oxygen atoms in total. The van der Waals surface area contributed by atoms with Crippen LogP contribution in [-0.4, -0.2) is 27.2 Å². The van der Waals surface area contributed by atoms with Crippen molar-refractivity contribution in [2.45, 2.75) is 62.6 Å². The van der Waals surface area contributed by atoms with Crippen LogP contribution in [0.4, 0.5) is 0 Å². The van der Waals surface area contributed by atoms with Gasteiger partial charge >= 0.3 is 0 Å². The number of carbonyl (C=O) groups excluding carboxylic acids is 1. The van der Waals surface area contributed by atoms with Gasteiger partial charge in [0, 0.05) is 11.8 Å². The quantitative estimate of drug-likeness (QED) is 0.708. The molecule has 0 saturated carbocycles. The number of hydrogen-bond acceptors (Lipinski definition) is 3. The van der Waals surface area contributed by atoms with E-state index in [2.05, 4.69) is 12.2 Å². The molecule has 0 aromatic rings. The standard InChI is InChI=1S/C25H30O3/c26-23(24(27)17-9-7-15-21(24)19-11-3-1-4-12-19)25(28)18-10-8-16-22(25)20-13-5-2-6-14-20/h7-11,13,15-18,21-22,27-28H,1-6,12,14H2. The monoisotopic (exact) mass is 378 g/mol. The topological polar surface area (TPSA) is 57.5 Å². The molecule has 0 saturated heterocycles. The van der Waals surface area contributed by atoms with Gasteiger partial charge in [-0.1, -0.05) is 59.8 Å². The predicted molar refractivity (Wildman–Crippen MR) is 112 cm³/mol. The van der Waals surface area contributed by atoms with E-state index in [1.807, 2.05) is 24.3 Å². The molecule has 0 aliphatic heterocycles. The molecule has 0 spiro atoms. The highest BCUT2D eigenvalue weighted by Crippen LogP contribution is 2.43. The summed E-state index contributed by atoms with van der Waals surface area (Å²) in [5.41, 5.74) is -1.24. The maximum atomic E-state index is 13.8. The Labute approximate surface area is 167 Å². The van der Waals surface area contributed by atoms with Gasteiger partial charge in [0.2, 0.25) is 5.78 Å². The smallest absolute Gasteiger partial charge is 0.205 e. The third-order valence-corrected chi connectivity index (χ3v) is 6.66. The van der Waals surface area contributed by atoms with Crippen molar-refractivity contribution < 1.29 is 15.0 Å². The molecule has 148 valence electrons. The predicted octanol–water partition coefficient (Wildman–Crippen LogP) is 4.50. The molecule has 0 bridgehead atoms. The van der Waals surface area contributed by atoms with Gasteiger partial charge in [0.15, 0.2) is 11.2 Å². The lowest BCUT2D eigenvalue weighted by atomic mass is 9.65. The average molecular weight is 379 g/mol. The van der Waals surface area contributed by atoms with Crippen LogP contribution < -0.4 is 0 Å². The summed E-state index contributed by atoms with van der Waals surface area (Å²) in [6.07, 6.45) is 26.7. The molecule has 0 amide bonds. The van der Waals surface area contributed by atoms with Crippen molar-refractivity contribution in [3.05, 3.63) is 71.9 Å². The minimum Gasteiger partial charge on any atom is -0.377 e. The molecule has 0 aromatic heterocycles. The van der Waals surface area contributed by atoms with Crippen molar-refractivity contribution in [2.24, 2.45) is 11.8 Å². The molecule has 28 heavy (non-hydrogen) atoms. The fraction of sp³-hybridized carbons (Fsp3) is 0.480. The van der Waals surface area contributed by atoms with Gasteiger partial charge in [-0.3, -0.25) is 4.79 Å². The molecule has 3 heteroatoms. The second-order valence-electron chi connectivity index (χ2n) is 8.47. The Kier molecular flexibility index (Phi) is 5.39. The minimum atomic E-state index is -1.73. The molecular formula is C25H30O3. The molecule has 4 aliphatic carbocycles. The Balaban J connectivity index is 1.70. The Morgan fingerprint density at radius 3 is 1.61 bits per heavy atom. The van der Waals surface area contributed by atoms with Gasteiger partial charge in [0.1, 0.15) is 0 Å². The van der Waals surface area contributed by atoms with Crippen molar-refractivity contribution in [1.82, 2.24) is 0 Å². The fourth-order valence-electron chi connectivity index (χ4n) is 5.11. The van der Waals surface area contributed by atoms with Crippen LogP contribution in [0.1, 0.15) is 51.4 Å². The van der Waals surface area contributed by atoms with E-state index < -0.39 is 28.8 Å². The first-order valence-electron chi connectivity index (χ1n) is 10.7. The van der Waals surface area contributed by atoms with E-state index in [1.54, 1.807) is 24.3 Å². The number of hydrogen-bond donors (Lipinski definition) is 2. The lowest BCUT2D eigenvalue weighted by Crippen LogP contribution is -2.58. The minimum absolute atomic E-state index is 0.408. The normalized spacial score (nSPS) is 37.5. The largest absolute Gasteiger partial charge is 0.377 e. The summed E-state index contributed by atoms with van der Waals surface area (Å²) in [7, 11) is 0. The van der Waals surface area contributed by atoms with E-state index >= 15 is 0 Å². The maximum Gasteiger partial charge on any atom is 0.205 e. The van der Waals surface area contributed by atoms with E-state index in [0.29, 0.717) is 0 Å². The van der Waals surface area contributed by atoms with E-state index in [9.17, 15) is 15.0 Å². The molecular weight excluding hydrogens is 348 g/mol. The first kappa shape index (κ1) is 19.4. The Hall–Kier alpha value is -1.97. The van der Waals surface area contributed by atoms with Crippen LogP contribution in [0.25, 0.3) is 0 Å². The maximum absolute atomic E-state index is 13.8. The summed E-state index contributed by atoms with van der Waals surface area (Å²) in [5, 5.41) is 23.2. The number of rotatable bonds is 4. The summed E-state index contributed by atoms with van der Waals surface area (Å²) in [6.45, 7) is 0. The van der Waals surface area contributed by atoms with E-state index in [0.717, 1.165) is 62.5 Å². The first-order chi connectivity index (χ1) is 13.6. The number of Topliss-reactive ketones (excluding diaryl/α,β-unsaturated/α-hetero) is 1. The van der Waals surface area contributed by atoms with Gasteiger partial charge in [-0.2, -0.15) is 0 Å². The van der Waals surface area contributed by atoms with Gasteiger partial charge in [0.05, 0.1) is 0 Å². The van der Waals surface area contributed by atoms with Crippen LogP contribution >= 0.6 is 0 Å². The Morgan fingerprint density at radius 2 is 1.21 bits per heavy atom. The van der Waals surface area contributed by atoms with Crippen LogP contribution in [0.2, 0.25) is 0 Å². The SMILES string of the molecule is O=C(C1(O)C=CC=CC1C1=CCCCC1)C1(O)C=CC=CC1C1=CCCCC1. The molecule has 4 unspecified atom stereocenters. The summed E-state index contributed by atoms with van der Waals surface area (Å²) in [6, 6.07) is 0. The van der Waals surface area contributed by atoms with Crippen LogP contribution in [0, 0.1) is 11.8 Å². The number of ketones is 1. The first-order valence-corrected chi connectivity index (χ1v) is 10.7. The van der Waals surface area contributed by atoms with Crippen molar-refractivity contribution in [3.8, 4) is 0 Å². The third kappa shape index (κ3) is 3.31. The lowest BCUT2D eigenvalue weighted by Gasteiger charge is -2.43. The van der Waals surface area contributed by atoms with Gasteiger partial charge in [0.25, 0.3) is 0 Å². The van der Waals surface area contributed by atoms with Crippen LogP contribution in [0.3, 0.4) is 0 Å². The highest BCUT2D eigenvalue weighted by molar-refractivity contribution is 6.00. The fourth-order valence-corrected chi connectivity index (χ4v) is 5.11. The zero-order valence-electron chi connectivity index (χ0n) is 16.4. The number of aliphatic hydroxyl groups is 2. The molecule has 2 N–H and O–H groups in total. The second-order valence-corrected chi connectivity index (χ2v) is 8.47. The Bertz CT molecular complexity index is 744. The summed E-state index contributed by atoms with van der Waals surface area (Å²) in [5.74, 6) is -1.33. The zero-order valence-corrected chi connectivity index (χ0v) is 16.4. The Morgan fingerprint density at radius 1 is 0.750 bits per heavy atom. The lowest BCUT2D eigenvalue weighted by molar-refractivity contribution is -0.152. The van der Waals surface area contributed by atoms with Crippen molar-refractivity contribution in [3.63, 3.8) is 0 Å². The van der Waals surface area contributed by atoms with Crippen LogP contribution in [0.15, 0.2) is 71.9 Å². The van der Waals surface area contributed by atoms with Crippen LogP contribution in [-0.2, 0) is 4.79 Å². The highest BCUT2D eigenvalue weighted by atomic mass is 16.3. The summed E-state index contributed by atoms with van der Waals surface area (Å²) < 4.78 is 0. The molecule has 4 atom stereocenters. The van der Waals surface area contributed by atoms with Crippen molar-refractivity contribution >= 4 is 5.78 Å². The molecule has 4 rings (SSSR count). The summed E-state index contributed by atoms with van der Waals surface area (Å²) in [4.78, 5) is 13.8. The molecule has 0 aromatic carbocycles. The zero-order chi connectivity index (χ0) is 19.6. The molecule has 0 heterocycles. The van der Waals surface area contributed by atoms with Gasteiger partial charge < -0.3 is 10.2 Å². The van der Waals surface area contributed by atoms with Crippen LogP contribution in [0.5, 0.6) is 0 Å². The molecule has 0 fully saturated rings. The van der Waals surface area contributed by atoms with Gasteiger partial charge in [-0.15, -0.1) is 0 Å². The van der Waals surface area contributed by atoms with Crippen molar-refractivity contribution in [1.29, 1.82) is 0 Å². The average Bonchev–Trinajstić information content (AvgIpc) is 2.75. The highest BCUT2D eigenvalue weighted by Gasteiger charge is 2.54. The van der Waals surface area contributed by atoms with E-state index in [1.165, 1.54) is 0 Å². The molecule has 0 radical (unpaired) electrons. The number of allylic oxidation sites excluding steroid dienone is 6. The summed E-state index contributed by atoms with van der Waals surface area (Å²) >= 11 is 0.